The molecule has 0 radical (unpaired) electrons. The summed E-state index contributed by atoms with van der Waals surface area (Å²) in [6, 6.07) is 0. The topological polar surface area (TPSA) is 101 Å². The summed E-state index contributed by atoms with van der Waals surface area (Å²) in [5.74, 6) is -0.351. The molecule has 0 aromatic carbocycles. The van der Waals surface area contributed by atoms with Crippen LogP contribution in [0, 0.1) is 0 Å². The molecule has 0 saturated heterocycles. The van der Waals surface area contributed by atoms with Crippen molar-refractivity contribution in [2.24, 2.45) is 0 Å². The fourth-order valence-corrected chi connectivity index (χ4v) is 1.83. The van der Waals surface area contributed by atoms with Crippen molar-refractivity contribution in [1.82, 2.24) is 0 Å². The van der Waals surface area contributed by atoms with Gasteiger partial charge in [0.1, 0.15) is 6.61 Å². The highest BCUT2D eigenvalue weighted by molar-refractivity contribution is 7.86. The van der Waals surface area contributed by atoms with E-state index in [2.05, 4.69) is 0 Å². The summed E-state index contributed by atoms with van der Waals surface area (Å²) in [4.78, 5) is 10.5. The predicted octanol–water partition coefficient (Wildman–Crippen LogP) is 1.43. The van der Waals surface area contributed by atoms with Crippen LogP contribution in [-0.4, -0.2) is 36.1 Å². The molecule has 0 aromatic heterocycles. The average Bonchev–Trinajstić information content (AvgIpc) is 2.26. The smallest absolute Gasteiger partial charge is 0.302 e. The largest absolute Gasteiger partial charge is 0.462 e. The van der Waals surface area contributed by atoms with Crippen molar-refractivity contribution in [3.8, 4) is 0 Å². The van der Waals surface area contributed by atoms with Crippen LogP contribution in [0.1, 0.15) is 33.6 Å². The number of hydrogen-bond acceptors (Lipinski definition) is 5. The van der Waals surface area contributed by atoms with Crippen LogP contribution in [0.15, 0.2) is 23.3 Å². The maximum atomic E-state index is 10.7. The standard InChI is InChI=1S/C12H20O6S/c1-9(7-8-18-11(3)13)5-4-6-10(2)12(14)19(15,16)17/h6-7,12,14H,4-5,8H2,1-3H3,(H,15,16,17). The molecule has 0 aromatic rings. The molecule has 19 heavy (non-hydrogen) atoms. The van der Waals surface area contributed by atoms with Gasteiger partial charge < -0.3 is 9.84 Å². The van der Waals surface area contributed by atoms with Gasteiger partial charge in [0, 0.05) is 6.92 Å². The highest BCUT2D eigenvalue weighted by Crippen LogP contribution is 2.11. The third-order valence-electron chi connectivity index (χ3n) is 2.40. The number of rotatable bonds is 7. The first-order chi connectivity index (χ1) is 8.64. The molecule has 2 N–H and O–H groups in total. The van der Waals surface area contributed by atoms with E-state index in [9.17, 15) is 18.3 Å². The van der Waals surface area contributed by atoms with E-state index in [1.807, 2.05) is 6.92 Å². The summed E-state index contributed by atoms with van der Waals surface area (Å²) < 4.78 is 34.8. The van der Waals surface area contributed by atoms with E-state index in [1.165, 1.54) is 13.8 Å². The molecule has 0 aliphatic carbocycles. The van der Waals surface area contributed by atoms with Crippen LogP contribution in [0.5, 0.6) is 0 Å². The number of hydrogen-bond donors (Lipinski definition) is 2. The summed E-state index contributed by atoms with van der Waals surface area (Å²) in [7, 11) is -4.46. The third-order valence-corrected chi connectivity index (χ3v) is 3.33. The van der Waals surface area contributed by atoms with Gasteiger partial charge in [-0.2, -0.15) is 8.42 Å². The Balaban J connectivity index is 4.24. The van der Waals surface area contributed by atoms with Gasteiger partial charge in [0.25, 0.3) is 10.1 Å². The van der Waals surface area contributed by atoms with E-state index in [4.69, 9.17) is 9.29 Å². The minimum atomic E-state index is -4.46. The van der Waals surface area contributed by atoms with E-state index in [0.717, 1.165) is 5.57 Å². The van der Waals surface area contributed by atoms with Crippen molar-refractivity contribution in [3.05, 3.63) is 23.3 Å². The second kappa shape index (κ2) is 8.08. The molecule has 0 heterocycles. The lowest BCUT2D eigenvalue weighted by Crippen LogP contribution is -2.20. The van der Waals surface area contributed by atoms with Gasteiger partial charge in [-0.1, -0.05) is 11.6 Å². The zero-order valence-electron chi connectivity index (χ0n) is 11.3. The van der Waals surface area contributed by atoms with Crippen molar-refractivity contribution in [1.29, 1.82) is 0 Å². The minimum Gasteiger partial charge on any atom is -0.462 e. The molecule has 1 unspecified atom stereocenters. The number of carbonyl (C=O) groups excluding carboxylic acids is 1. The Morgan fingerprint density at radius 2 is 1.84 bits per heavy atom. The number of ether oxygens (including phenoxy) is 1. The normalized spacial score (nSPS) is 15.2. The lowest BCUT2D eigenvalue weighted by molar-refractivity contribution is -0.139. The summed E-state index contributed by atoms with van der Waals surface area (Å²) in [6.45, 7) is 4.81. The van der Waals surface area contributed by atoms with Crippen LogP contribution in [0.2, 0.25) is 0 Å². The fourth-order valence-electron chi connectivity index (χ4n) is 1.27. The lowest BCUT2D eigenvalue weighted by Gasteiger charge is -2.07. The Morgan fingerprint density at radius 3 is 2.32 bits per heavy atom. The molecule has 0 aliphatic heterocycles. The van der Waals surface area contributed by atoms with Crippen molar-refractivity contribution >= 4 is 16.1 Å². The zero-order chi connectivity index (χ0) is 15.1. The van der Waals surface area contributed by atoms with Gasteiger partial charge in [-0.25, -0.2) is 0 Å². The van der Waals surface area contributed by atoms with Crippen LogP contribution >= 0.6 is 0 Å². The van der Waals surface area contributed by atoms with E-state index >= 15 is 0 Å². The molecule has 7 heteroatoms. The van der Waals surface area contributed by atoms with Gasteiger partial charge in [0.2, 0.25) is 5.44 Å². The van der Waals surface area contributed by atoms with Gasteiger partial charge in [-0.05, 0) is 38.3 Å². The number of allylic oxidation sites excluding steroid dienone is 2. The highest BCUT2D eigenvalue weighted by atomic mass is 32.2. The average molecular weight is 292 g/mol. The molecule has 0 rings (SSSR count). The van der Waals surface area contributed by atoms with Gasteiger partial charge in [0.05, 0.1) is 0 Å². The van der Waals surface area contributed by atoms with Gasteiger partial charge in [-0.15, -0.1) is 0 Å². The number of aliphatic hydroxyl groups excluding tert-OH is 1. The van der Waals surface area contributed by atoms with Crippen molar-refractivity contribution in [3.63, 3.8) is 0 Å². The fraction of sp³-hybridized carbons (Fsp3) is 0.583. The van der Waals surface area contributed by atoms with Crippen molar-refractivity contribution < 1.29 is 27.6 Å². The SMILES string of the molecule is CC(=O)OCC=C(C)CCC=C(C)C(O)S(=O)(=O)O. The van der Waals surface area contributed by atoms with Gasteiger partial charge >= 0.3 is 5.97 Å². The molecule has 0 bridgehead atoms. The Morgan fingerprint density at radius 1 is 1.26 bits per heavy atom. The number of aliphatic hydroxyl groups is 1. The predicted molar refractivity (Wildman–Crippen MR) is 70.9 cm³/mol. The van der Waals surface area contributed by atoms with E-state index in [-0.39, 0.29) is 18.1 Å². The maximum absolute atomic E-state index is 10.7. The van der Waals surface area contributed by atoms with Crippen LogP contribution < -0.4 is 0 Å². The van der Waals surface area contributed by atoms with Crippen LogP contribution in [-0.2, 0) is 19.6 Å². The highest BCUT2D eigenvalue weighted by Gasteiger charge is 2.20. The van der Waals surface area contributed by atoms with Gasteiger partial charge in [-0.3, -0.25) is 9.35 Å². The first-order valence-corrected chi connectivity index (χ1v) is 7.25. The second-order valence-corrected chi connectivity index (χ2v) is 5.68. The third kappa shape index (κ3) is 8.52. The monoisotopic (exact) mass is 292 g/mol. The first-order valence-electron chi connectivity index (χ1n) is 5.74. The number of carbonyl (C=O) groups is 1. The quantitative estimate of drug-likeness (QED) is 0.418. The summed E-state index contributed by atoms with van der Waals surface area (Å²) in [5, 5.41) is 9.24. The Kier molecular flexibility index (Phi) is 7.58. The molecule has 6 nitrogen and oxygen atoms in total. The molecular formula is C12H20O6S. The first kappa shape index (κ1) is 17.8. The molecular weight excluding hydrogens is 272 g/mol. The number of esters is 1. The lowest BCUT2D eigenvalue weighted by atomic mass is 10.1. The van der Waals surface area contributed by atoms with E-state index < -0.39 is 15.6 Å². The summed E-state index contributed by atoms with van der Waals surface area (Å²) >= 11 is 0. The Bertz CT molecular complexity index is 461. The zero-order valence-corrected chi connectivity index (χ0v) is 12.1. The Labute approximate surface area is 113 Å². The molecule has 110 valence electrons. The van der Waals surface area contributed by atoms with Crippen LogP contribution in [0.3, 0.4) is 0 Å². The molecule has 0 amide bonds. The van der Waals surface area contributed by atoms with Crippen molar-refractivity contribution in [2.75, 3.05) is 6.61 Å². The van der Waals surface area contributed by atoms with Gasteiger partial charge in [0.15, 0.2) is 0 Å². The van der Waals surface area contributed by atoms with E-state index in [0.29, 0.717) is 12.8 Å². The van der Waals surface area contributed by atoms with Crippen molar-refractivity contribution in [2.45, 2.75) is 39.0 Å². The summed E-state index contributed by atoms with van der Waals surface area (Å²) in [5.41, 5.74) is -0.722. The maximum Gasteiger partial charge on any atom is 0.302 e. The van der Waals surface area contributed by atoms with Crippen LogP contribution in [0.25, 0.3) is 0 Å². The van der Waals surface area contributed by atoms with E-state index in [1.54, 1.807) is 12.2 Å². The summed E-state index contributed by atoms with van der Waals surface area (Å²) in [6.07, 6.45) is 4.45. The molecule has 0 spiro atoms. The Hall–Kier alpha value is -1.18. The van der Waals surface area contributed by atoms with Crippen LogP contribution in [0.4, 0.5) is 0 Å². The molecule has 0 fully saturated rings. The second-order valence-electron chi connectivity index (χ2n) is 4.21. The molecule has 1 atom stereocenters. The molecule has 0 aliphatic rings. The molecule has 0 saturated carbocycles. The minimum absolute atomic E-state index is 0.176.